The summed E-state index contributed by atoms with van der Waals surface area (Å²) in [6, 6.07) is 0. The van der Waals surface area contributed by atoms with Crippen molar-refractivity contribution in [1.82, 2.24) is 0 Å². The first-order valence-corrected chi connectivity index (χ1v) is 3.98. The number of carbonyl (C=O) groups excluding carboxylic acids is 1. The SMILES string of the molecule is O=C1C[C@H]2CC[C@@H]1C[C@@H]2O. The van der Waals surface area contributed by atoms with Crippen LogP contribution in [-0.2, 0) is 4.79 Å². The second-order valence-corrected chi connectivity index (χ2v) is 3.51. The number of hydrogen-bond donors (Lipinski definition) is 1. The molecule has 3 saturated carbocycles. The normalized spacial score (nSPS) is 46.1. The molecule has 0 aliphatic heterocycles. The molecular weight excluding hydrogens is 128 g/mol. The number of aliphatic hydroxyl groups excluding tert-OH is 1. The van der Waals surface area contributed by atoms with Gasteiger partial charge in [0.15, 0.2) is 0 Å². The fourth-order valence-electron chi connectivity index (χ4n) is 2.17. The van der Waals surface area contributed by atoms with Gasteiger partial charge in [-0.05, 0) is 25.2 Å². The van der Waals surface area contributed by atoms with E-state index >= 15 is 0 Å². The van der Waals surface area contributed by atoms with Crippen LogP contribution in [0.25, 0.3) is 0 Å². The first-order valence-electron chi connectivity index (χ1n) is 3.98. The lowest BCUT2D eigenvalue weighted by Gasteiger charge is -2.38. The molecule has 0 amide bonds. The van der Waals surface area contributed by atoms with Crippen molar-refractivity contribution in [3.05, 3.63) is 0 Å². The molecule has 3 rings (SSSR count). The van der Waals surface area contributed by atoms with Crippen LogP contribution in [-0.4, -0.2) is 17.0 Å². The lowest BCUT2D eigenvalue weighted by molar-refractivity contribution is -0.134. The van der Waals surface area contributed by atoms with E-state index in [9.17, 15) is 9.90 Å². The van der Waals surface area contributed by atoms with Crippen LogP contribution < -0.4 is 0 Å². The maximum Gasteiger partial charge on any atom is 0.136 e. The van der Waals surface area contributed by atoms with Crippen LogP contribution in [0.2, 0.25) is 0 Å². The predicted molar refractivity (Wildman–Crippen MR) is 36.5 cm³/mol. The topological polar surface area (TPSA) is 37.3 Å². The van der Waals surface area contributed by atoms with Crippen molar-refractivity contribution in [3.8, 4) is 0 Å². The zero-order valence-corrected chi connectivity index (χ0v) is 5.92. The summed E-state index contributed by atoms with van der Waals surface area (Å²) in [5.41, 5.74) is 0. The van der Waals surface area contributed by atoms with E-state index in [1.165, 1.54) is 0 Å². The molecule has 0 aromatic heterocycles. The molecule has 56 valence electrons. The molecule has 3 aliphatic carbocycles. The van der Waals surface area contributed by atoms with Crippen molar-refractivity contribution in [2.24, 2.45) is 11.8 Å². The standard InChI is InChI=1S/C8H12O2/c9-7-4-6-2-1-5(7)3-8(6)10/h5-7,9H,1-4H2/t5-,6-,7+/m1/s1. The van der Waals surface area contributed by atoms with E-state index in [2.05, 4.69) is 0 Å². The van der Waals surface area contributed by atoms with E-state index in [4.69, 9.17) is 0 Å². The van der Waals surface area contributed by atoms with Gasteiger partial charge in [-0.15, -0.1) is 0 Å². The Labute approximate surface area is 60.2 Å². The molecule has 3 fully saturated rings. The van der Waals surface area contributed by atoms with Crippen LogP contribution in [0.1, 0.15) is 25.7 Å². The van der Waals surface area contributed by atoms with Crippen LogP contribution in [0.3, 0.4) is 0 Å². The number of Topliss-reactive ketones (excluding diaryl/α,β-unsaturated/α-hetero) is 1. The van der Waals surface area contributed by atoms with Crippen molar-refractivity contribution in [1.29, 1.82) is 0 Å². The molecule has 2 heteroatoms. The first kappa shape index (κ1) is 6.35. The summed E-state index contributed by atoms with van der Waals surface area (Å²) in [5, 5.41) is 9.36. The minimum atomic E-state index is -0.170. The summed E-state index contributed by atoms with van der Waals surface area (Å²) in [5.74, 6) is 0.902. The van der Waals surface area contributed by atoms with Gasteiger partial charge in [0.2, 0.25) is 0 Å². The highest BCUT2D eigenvalue weighted by molar-refractivity contribution is 5.82. The third-order valence-corrected chi connectivity index (χ3v) is 2.87. The lowest BCUT2D eigenvalue weighted by atomic mass is 9.68. The van der Waals surface area contributed by atoms with Crippen molar-refractivity contribution in [2.45, 2.75) is 31.8 Å². The number of hydrogen-bond acceptors (Lipinski definition) is 2. The van der Waals surface area contributed by atoms with Crippen molar-refractivity contribution in [2.75, 3.05) is 0 Å². The lowest BCUT2D eigenvalue weighted by Crippen LogP contribution is -2.40. The Morgan fingerprint density at radius 3 is 2.50 bits per heavy atom. The second kappa shape index (κ2) is 2.06. The highest BCUT2D eigenvalue weighted by Gasteiger charge is 2.39. The molecule has 0 unspecified atom stereocenters. The van der Waals surface area contributed by atoms with Crippen LogP contribution in [0.15, 0.2) is 0 Å². The first-order chi connectivity index (χ1) is 4.77. The molecule has 2 nitrogen and oxygen atoms in total. The third kappa shape index (κ3) is 0.788. The largest absolute Gasteiger partial charge is 0.393 e. The van der Waals surface area contributed by atoms with E-state index in [0.29, 0.717) is 18.1 Å². The van der Waals surface area contributed by atoms with E-state index in [-0.39, 0.29) is 12.0 Å². The van der Waals surface area contributed by atoms with Crippen LogP contribution >= 0.6 is 0 Å². The molecule has 0 saturated heterocycles. The summed E-state index contributed by atoms with van der Waals surface area (Å²) < 4.78 is 0. The number of carbonyl (C=O) groups is 1. The second-order valence-electron chi connectivity index (χ2n) is 3.51. The highest BCUT2D eigenvalue weighted by Crippen LogP contribution is 2.38. The Kier molecular flexibility index (Phi) is 1.31. The summed E-state index contributed by atoms with van der Waals surface area (Å²) in [4.78, 5) is 11.1. The number of fused-ring (bicyclic) bond motifs is 3. The van der Waals surface area contributed by atoms with E-state index in [0.717, 1.165) is 19.3 Å². The van der Waals surface area contributed by atoms with Gasteiger partial charge in [-0.1, -0.05) is 0 Å². The molecule has 0 heterocycles. The number of rotatable bonds is 0. The molecule has 3 aliphatic rings. The Morgan fingerprint density at radius 2 is 2.20 bits per heavy atom. The maximum absolute atomic E-state index is 11.1. The highest BCUT2D eigenvalue weighted by atomic mass is 16.3. The Morgan fingerprint density at radius 1 is 1.40 bits per heavy atom. The average molecular weight is 140 g/mol. The molecule has 1 N–H and O–H groups in total. The van der Waals surface area contributed by atoms with Crippen LogP contribution in [0, 0.1) is 11.8 Å². The molecule has 3 atom stereocenters. The fourth-order valence-corrected chi connectivity index (χ4v) is 2.17. The molecule has 0 radical (unpaired) electrons. The van der Waals surface area contributed by atoms with Crippen molar-refractivity contribution in [3.63, 3.8) is 0 Å². The van der Waals surface area contributed by atoms with Gasteiger partial charge in [0.1, 0.15) is 5.78 Å². The van der Waals surface area contributed by atoms with Gasteiger partial charge in [0.25, 0.3) is 0 Å². The Bertz CT molecular complexity index is 165. The van der Waals surface area contributed by atoms with Crippen LogP contribution in [0.4, 0.5) is 0 Å². The quantitative estimate of drug-likeness (QED) is 0.538. The minimum Gasteiger partial charge on any atom is -0.393 e. The van der Waals surface area contributed by atoms with Gasteiger partial charge in [0.05, 0.1) is 6.10 Å². The van der Waals surface area contributed by atoms with Gasteiger partial charge in [-0.2, -0.15) is 0 Å². The average Bonchev–Trinajstić information content (AvgIpc) is 1.91. The zero-order valence-electron chi connectivity index (χ0n) is 5.92. The fraction of sp³-hybridized carbons (Fsp3) is 0.875. The summed E-state index contributed by atoms with van der Waals surface area (Å²) in [7, 11) is 0. The van der Waals surface area contributed by atoms with E-state index in [1.807, 2.05) is 0 Å². The smallest absolute Gasteiger partial charge is 0.136 e. The number of aliphatic hydroxyl groups is 1. The number of ketones is 1. The zero-order chi connectivity index (χ0) is 7.14. The van der Waals surface area contributed by atoms with Crippen molar-refractivity contribution >= 4 is 5.78 Å². The molecule has 0 spiro atoms. The molecule has 2 bridgehead atoms. The maximum atomic E-state index is 11.1. The minimum absolute atomic E-state index is 0.170. The summed E-state index contributed by atoms with van der Waals surface area (Å²) >= 11 is 0. The van der Waals surface area contributed by atoms with E-state index < -0.39 is 0 Å². The summed E-state index contributed by atoms with van der Waals surface area (Å²) in [6.07, 6.45) is 3.31. The van der Waals surface area contributed by atoms with Crippen molar-refractivity contribution < 1.29 is 9.90 Å². The van der Waals surface area contributed by atoms with Crippen LogP contribution in [0.5, 0.6) is 0 Å². The predicted octanol–water partition coefficient (Wildman–Crippen LogP) is 0.736. The van der Waals surface area contributed by atoms with Gasteiger partial charge in [-0.25, -0.2) is 0 Å². The molecule has 0 aromatic rings. The Hall–Kier alpha value is -0.370. The third-order valence-electron chi connectivity index (χ3n) is 2.87. The van der Waals surface area contributed by atoms with Gasteiger partial charge in [0, 0.05) is 12.3 Å². The van der Waals surface area contributed by atoms with Gasteiger partial charge in [-0.3, -0.25) is 4.79 Å². The molecule has 0 aromatic carbocycles. The monoisotopic (exact) mass is 140 g/mol. The molecule has 10 heavy (non-hydrogen) atoms. The van der Waals surface area contributed by atoms with Gasteiger partial charge < -0.3 is 5.11 Å². The van der Waals surface area contributed by atoms with E-state index in [1.54, 1.807) is 0 Å². The molecular formula is C8H12O2. The van der Waals surface area contributed by atoms with Gasteiger partial charge >= 0.3 is 0 Å². The Balaban J connectivity index is 2.16. The summed E-state index contributed by atoms with van der Waals surface area (Å²) in [6.45, 7) is 0.